The molecule has 1 saturated heterocycles. The molecule has 6 nitrogen and oxygen atoms in total. The Morgan fingerprint density at radius 3 is 2.45 bits per heavy atom. The van der Waals surface area contributed by atoms with Crippen LogP contribution in [0.5, 0.6) is 11.5 Å². The highest BCUT2D eigenvalue weighted by Crippen LogP contribution is 2.31. The summed E-state index contributed by atoms with van der Waals surface area (Å²) in [7, 11) is 0. The van der Waals surface area contributed by atoms with Gasteiger partial charge in [0, 0.05) is 43.5 Å². The van der Waals surface area contributed by atoms with Crippen LogP contribution in [0.25, 0.3) is 0 Å². The molecule has 0 bridgehead atoms. The molecule has 0 aromatic heterocycles. The Morgan fingerprint density at radius 1 is 0.966 bits per heavy atom. The highest BCUT2D eigenvalue weighted by molar-refractivity contribution is 5.98. The van der Waals surface area contributed by atoms with Gasteiger partial charge in [-0.05, 0) is 23.8 Å². The molecular weight excluding hydrogens is 392 g/mol. The number of ether oxygens (including phenoxy) is 2. The molecule has 0 unspecified atom stereocenters. The fraction of sp³-hybridized carbons (Fsp3) is 0.364. The maximum absolute atomic E-state index is 12.6. The fourth-order valence-corrected chi connectivity index (χ4v) is 3.83. The van der Waals surface area contributed by atoms with Gasteiger partial charge in [0.1, 0.15) is 13.2 Å². The maximum Gasteiger partial charge on any atom is 0.223 e. The van der Waals surface area contributed by atoms with Crippen molar-refractivity contribution in [1.29, 1.82) is 0 Å². The summed E-state index contributed by atoms with van der Waals surface area (Å²) in [6, 6.07) is 15.1. The van der Waals surface area contributed by atoms with Crippen molar-refractivity contribution >= 4 is 24.1 Å². The predicted octanol–water partition coefficient (Wildman–Crippen LogP) is 2.80. The lowest BCUT2D eigenvalue weighted by Crippen LogP contribution is -2.32. The Kier molecular flexibility index (Phi) is 6.77. The van der Waals surface area contributed by atoms with Crippen LogP contribution in [-0.2, 0) is 4.79 Å². The standard InChI is InChI=1S/C22H24N2O4.ClH/c23-18-14-24(13-17(18)15-4-2-1-3-5-15)22(26)9-7-19(25)16-6-8-20-21(12-16)28-11-10-27-20;/h1-6,8,12,17-18H,7,9-11,13-14,23H2;1H/t17-,18+;/m0./s1. The SMILES string of the molecule is Cl.N[C@@H]1CN(C(=O)CCC(=O)c2ccc3c(c2)OCCO3)C[C@H]1c1ccccc1. The van der Waals surface area contributed by atoms with E-state index in [1.54, 1.807) is 23.1 Å². The number of amides is 1. The van der Waals surface area contributed by atoms with E-state index in [9.17, 15) is 9.59 Å². The van der Waals surface area contributed by atoms with Crippen LogP contribution < -0.4 is 15.2 Å². The van der Waals surface area contributed by atoms with Crippen LogP contribution in [0.2, 0.25) is 0 Å². The van der Waals surface area contributed by atoms with Crippen molar-refractivity contribution in [2.45, 2.75) is 24.8 Å². The monoisotopic (exact) mass is 416 g/mol. The van der Waals surface area contributed by atoms with E-state index < -0.39 is 0 Å². The minimum atomic E-state index is -0.0835. The maximum atomic E-state index is 12.6. The van der Waals surface area contributed by atoms with Gasteiger partial charge in [-0.1, -0.05) is 30.3 Å². The molecule has 0 aliphatic carbocycles. The second kappa shape index (κ2) is 9.29. The van der Waals surface area contributed by atoms with Gasteiger partial charge in [-0.15, -0.1) is 12.4 Å². The largest absolute Gasteiger partial charge is 0.486 e. The molecule has 0 radical (unpaired) electrons. The first-order valence-corrected chi connectivity index (χ1v) is 9.63. The van der Waals surface area contributed by atoms with Crippen LogP contribution in [0.15, 0.2) is 48.5 Å². The third kappa shape index (κ3) is 4.71. The zero-order chi connectivity index (χ0) is 19.5. The van der Waals surface area contributed by atoms with Crippen LogP contribution in [-0.4, -0.2) is 48.9 Å². The van der Waals surface area contributed by atoms with Crippen LogP contribution in [0.4, 0.5) is 0 Å². The number of rotatable bonds is 5. The van der Waals surface area contributed by atoms with Gasteiger partial charge in [-0.3, -0.25) is 9.59 Å². The van der Waals surface area contributed by atoms with Crippen molar-refractivity contribution in [3.05, 3.63) is 59.7 Å². The van der Waals surface area contributed by atoms with Crippen molar-refractivity contribution in [2.75, 3.05) is 26.3 Å². The number of likely N-dealkylation sites (tertiary alicyclic amines) is 1. The molecule has 0 saturated carbocycles. The Balaban J connectivity index is 0.00000240. The lowest BCUT2D eigenvalue weighted by molar-refractivity contribution is -0.130. The Labute approximate surface area is 176 Å². The molecular formula is C22H25ClN2O4. The number of nitrogens with zero attached hydrogens (tertiary/aromatic N) is 1. The molecule has 1 fully saturated rings. The van der Waals surface area contributed by atoms with Crippen molar-refractivity contribution in [1.82, 2.24) is 4.90 Å². The van der Waals surface area contributed by atoms with Gasteiger partial charge in [0.25, 0.3) is 0 Å². The van der Waals surface area contributed by atoms with E-state index in [0.717, 1.165) is 5.56 Å². The number of hydrogen-bond donors (Lipinski definition) is 1. The summed E-state index contributed by atoms with van der Waals surface area (Å²) < 4.78 is 11.0. The topological polar surface area (TPSA) is 81.9 Å². The predicted molar refractivity (Wildman–Crippen MR) is 112 cm³/mol. The van der Waals surface area contributed by atoms with Gasteiger partial charge < -0.3 is 20.1 Å². The fourth-order valence-electron chi connectivity index (χ4n) is 3.83. The minimum Gasteiger partial charge on any atom is -0.486 e. The molecule has 2 heterocycles. The molecule has 2 atom stereocenters. The zero-order valence-electron chi connectivity index (χ0n) is 16.1. The van der Waals surface area contributed by atoms with E-state index >= 15 is 0 Å². The van der Waals surface area contributed by atoms with E-state index in [0.29, 0.717) is 43.4 Å². The first-order valence-electron chi connectivity index (χ1n) is 9.63. The van der Waals surface area contributed by atoms with E-state index in [2.05, 4.69) is 0 Å². The summed E-state index contributed by atoms with van der Waals surface area (Å²) in [6.45, 7) is 2.11. The highest BCUT2D eigenvalue weighted by Gasteiger charge is 2.33. The Hall–Kier alpha value is -2.57. The van der Waals surface area contributed by atoms with Crippen molar-refractivity contribution in [3.63, 3.8) is 0 Å². The lowest BCUT2D eigenvalue weighted by Gasteiger charge is -2.19. The van der Waals surface area contributed by atoms with Crippen LogP contribution in [0, 0.1) is 0 Å². The first-order chi connectivity index (χ1) is 13.6. The number of ketones is 1. The number of carbonyl (C=O) groups excluding carboxylic acids is 2. The molecule has 2 aliphatic rings. The van der Waals surface area contributed by atoms with E-state index in [1.165, 1.54) is 0 Å². The van der Waals surface area contributed by atoms with Gasteiger partial charge >= 0.3 is 0 Å². The van der Waals surface area contributed by atoms with Gasteiger partial charge in [0.05, 0.1) is 0 Å². The number of Topliss-reactive ketones (excluding diaryl/α,β-unsaturated/α-hetero) is 1. The number of hydrogen-bond acceptors (Lipinski definition) is 5. The van der Waals surface area contributed by atoms with Crippen molar-refractivity contribution in [2.24, 2.45) is 5.73 Å². The van der Waals surface area contributed by atoms with E-state index in [4.69, 9.17) is 15.2 Å². The summed E-state index contributed by atoms with van der Waals surface area (Å²) in [5.74, 6) is 1.27. The molecule has 154 valence electrons. The Morgan fingerprint density at radius 2 is 1.69 bits per heavy atom. The smallest absolute Gasteiger partial charge is 0.223 e. The quantitative estimate of drug-likeness (QED) is 0.758. The van der Waals surface area contributed by atoms with Gasteiger partial charge in [-0.2, -0.15) is 0 Å². The molecule has 2 aromatic rings. The average molecular weight is 417 g/mol. The molecule has 7 heteroatoms. The van der Waals surface area contributed by atoms with Gasteiger partial charge in [-0.25, -0.2) is 0 Å². The third-order valence-corrected chi connectivity index (χ3v) is 5.38. The summed E-state index contributed by atoms with van der Waals surface area (Å²) >= 11 is 0. The summed E-state index contributed by atoms with van der Waals surface area (Å²) in [5, 5.41) is 0. The number of halogens is 1. The highest BCUT2D eigenvalue weighted by atomic mass is 35.5. The van der Waals surface area contributed by atoms with Crippen LogP contribution in [0.1, 0.15) is 34.7 Å². The van der Waals surface area contributed by atoms with Gasteiger partial charge in [0.15, 0.2) is 17.3 Å². The zero-order valence-corrected chi connectivity index (χ0v) is 16.9. The number of fused-ring (bicyclic) bond motifs is 1. The summed E-state index contributed by atoms with van der Waals surface area (Å²) in [5.41, 5.74) is 7.95. The van der Waals surface area contributed by atoms with Crippen molar-refractivity contribution in [3.8, 4) is 11.5 Å². The summed E-state index contributed by atoms with van der Waals surface area (Å²) in [4.78, 5) is 26.9. The molecule has 2 aliphatic heterocycles. The second-order valence-electron chi connectivity index (χ2n) is 7.26. The lowest BCUT2D eigenvalue weighted by atomic mass is 9.95. The van der Waals surface area contributed by atoms with Gasteiger partial charge in [0.2, 0.25) is 5.91 Å². The van der Waals surface area contributed by atoms with Crippen LogP contribution >= 0.6 is 12.4 Å². The summed E-state index contributed by atoms with van der Waals surface area (Å²) in [6.07, 6.45) is 0.349. The molecule has 2 N–H and O–H groups in total. The Bertz CT molecular complexity index is 874. The van der Waals surface area contributed by atoms with E-state index in [-0.39, 0.29) is 48.9 Å². The molecule has 1 amide bonds. The number of carbonyl (C=O) groups is 2. The van der Waals surface area contributed by atoms with Crippen LogP contribution in [0.3, 0.4) is 0 Å². The molecule has 2 aromatic carbocycles. The normalized spacial score (nSPS) is 20.1. The molecule has 4 rings (SSSR count). The average Bonchev–Trinajstić information content (AvgIpc) is 3.13. The van der Waals surface area contributed by atoms with Crippen molar-refractivity contribution < 1.29 is 19.1 Å². The first kappa shape index (κ1) is 21.1. The number of nitrogens with two attached hydrogens (primary N) is 1. The second-order valence-corrected chi connectivity index (χ2v) is 7.26. The molecule has 29 heavy (non-hydrogen) atoms. The number of benzene rings is 2. The van der Waals surface area contributed by atoms with E-state index in [1.807, 2.05) is 30.3 Å². The minimum absolute atomic E-state index is 0. The molecule has 0 spiro atoms. The third-order valence-electron chi connectivity index (χ3n) is 5.38.